The van der Waals surface area contributed by atoms with Gasteiger partial charge in [0.1, 0.15) is 12.3 Å². The molecule has 3 aromatic rings. The summed E-state index contributed by atoms with van der Waals surface area (Å²) in [4.78, 5) is 17.3. The quantitative estimate of drug-likeness (QED) is 0.422. The van der Waals surface area contributed by atoms with Gasteiger partial charge in [-0.05, 0) is 55.5 Å². The van der Waals surface area contributed by atoms with Crippen LogP contribution in [0.1, 0.15) is 5.56 Å². The van der Waals surface area contributed by atoms with E-state index in [0.717, 1.165) is 21.3 Å². The molecule has 1 heterocycles. The third-order valence-electron chi connectivity index (χ3n) is 6.16. The fraction of sp³-hybridized carbons (Fsp3) is 0.269. The van der Waals surface area contributed by atoms with E-state index in [1.807, 2.05) is 31.2 Å². The van der Waals surface area contributed by atoms with Gasteiger partial charge in [-0.3, -0.25) is 9.10 Å². The summed E-state index contributed by atoms with van der Waals surface area (Å²) < 4.78 is 33.6. The van der Waals surface area contributed by atoms with Crippen LogP contribution in [0.2, 0.25) is 10.0 Å². The highest BCUT2D eigenvalue weighted by Crippen LogP contribution is 2.35. The highest BCUT2D eigenvalue weighted by atomic mass is 35.5. The molecule has 1 fully saturated rings. The van der Waals surface area contributed by atoms with Crippen LogP contribution in [0.5, 0.6) is 5.75 Å². The average Bonchev–Trinajstić information content (AvgIpc) is 2.89. The number of amides is 1. The first-order valence-corrected chi connectivity index (χ1v) is 13.6. The number of carbonyl (C=O) groups excluding carboxylic acids is 1. The maximum atomic E-state index is 13.7. The van der Waals surface area contributed by atoms with Crippen molar-refractivity contribution in [2.75, 3.05) is 49.0 Å². The molecule has 1 saturated heterocycles. The molecule has 10 heteroatoms. The number of methoxy groups -OCH3 is 1. The van der Waals surface area contributed by atoms with Gasteiger partial charge in [0.2, 0.25) is 5.91 Å². The minimum absolute atomic E-state index is 0.0706. The maximum absolute atomic E-state index is 13.7. The number of piperazine rings is 1. The molecule has 4 rings (SSSR count). The monoisotopic (exact) mass is 547 g/mol. The molecule has 1 aliphatic heterocycles. The molecule has 0 bridgehead atoms. The highest BCUT2D eigenvalue weighted by Gasteiger charge is 2.32. The van der Waals surface area contributed by atoms with Crippen molar-refractivity contribution in [2.24, 2.45) is 0 Å². The molecule has 0 saturated carbocycles. The number of aryl methyl sites for hydroxylation is 1. The lowest BCUT2D eigenvalue weighted by Crippen LogP contribution is -2.52. The number of hydrogen-bond donors (Lipinski definition) is 0. The van der Waals surface area contributed by atoms with Gasteiger partial charge in [-0.1, -0.05) is 47.0 Å². The third kappa shape index (κ3) is 5.56. The fourth-order valence-electron chi connectivity index (χ4n) is 4.05. The van der Waals surface area contributed by atoms with Gasteiger partial charge in [-0.2, -0.15) is 0 Å². The van der Waals surface area contributed by atoms with Crippen molar-refractivity contribution in [3.05, 3.63) is 82.3 Å². The molecule has 0 radical (unpaired) electrons. The topological polar surface area (TPSA) is 70.2 Å². The van der Waals surface area contributed by atoms with Crippen molar-refractivity contribution >= 4 is 50.5 Å². The van der Waals surface area contributed by atoms with Gasteiger partial charge in [0.15, 0.2) is 0 Å². The lowest BCUT2D eigenvalue weighted by Gasteiger charge is -2.37. The predicted octanol–water partition coefficient (Wildman–Crippen LogP) is 4.85. The van der Waals surface area contributed by atoms with E-state index in [9.17, 15) is 13.2 Å². The summed E-state index contributed by atoms with van der Waals surface area (Å²) >= 11 is 12.6. The predicted molar refractivity (Wildman–Crippen MR) is 144 cm³/mol. The summed E-state index contributed by atoms with van der Waals surface area (Å²) in [7, 11) is -2.46. The Bertz CT molecular complexity index is 1320. The molecule has 7 nitrogen and oxygen atoms in total. The van der Waals surface area contributed by atoms with E-state index in [2.05, 4.69) is 4.90 Å². The molecular formula is C26H27Cl2N3O4S. The first-order chi connectivity index (χ1) is 17.2. The van der Waals surface area contributed by atoms with Crippen molar-refractivity contribution in [1.82, 2.24) is 4.90 Å². The zero-order chi connectivity index (χ0) is 25.9. The lowest BCUT2D eigenvalue weighted by molar-refractivity contribution is -0.129. The Balaban J connectivity index is 1.54. The molecule has 0 aromatic heterocycles. The van der Waals surface area contributed by atoms with Crippen molar-refractivity contribution in [2.45, 2.75) is 11.8 Å². The minimum Gasteiger partial charge on any atom is -0.497 e. The van der Waals surface area contributed by atoms with Crippen LogP contribution in [0.3, 0.4) is 0 Å². The van der Waals surface area contributed by atoms with Crippen molar-refractivity contribution in [3.8, 4) is 5.75 Å². The van der Waals surface area contributed by atoms with Gasteiger partial charge in [0.05, 0.1) is 27.7 Å². The molecule has 1 aliphatic rings. The van der Waals surface area contributed by atoms with Gasteiger partial charge in [0.25, 0.3) is 10.0 Å². The zero-order valence-corrected chi connectivity index (χ0v) is 22.4. The summed E-state index contributed by atoms with van der Waals surface area (Å²) in [6.45, 7) is 3.66. The van der Waals surface area contributed by atoms with E-state index in [0.29, 0.717) is 26.2 Å². The van der Waals surface area contributed by atoms with Gasteiger partial charge < -0.3 is 14.5 Å². The van der Waals surface area contributed by atoms with Crippen LogP contribution in [0, 0.1) is 6.92 Å². The van der Waals surface area contributed by atoms with E-state index in [1.54, 1.807) is 42.3 Å². The number of rotatable bonds is 7. The SMILES string of the molecule is COc1ccc(N2CCN(C(=O)CN(c3cccc(Cl)c3Cl)S(=O)(=O)c3ccc(C)cc3)CC2)cc1. The van der Waals surface area contributed by atoms with E-state index in [1.165, 1.54) is 12.1 Å². The Morgan fingerprint density at radius 2 is 1.58 bits per heavy atom. The molecule has 190 valence electrons. The largest absolute Gasteiger partial charge is 0.497 e. The second-order valence-electron chi connectivity index (χ2n) is 8.46. The lowest BCUT2D eigenvalue weighted by atomic mass is 10.2. The molecule has 0 atom stereocenters. The van der Waals surface area contributed by atoms with Crippen LogP contribution < -0.4 is 13.9 Å². The number of hydrogen-bond acceptors (Lipinski definition) is 5. The third-order valence-corrected chi connectivity index (χ3v) is 8.74. The zero-order valence-electron chi connectivity index (χ0n) is 20.0. The molecule has 0 aliphatic carbocycles. The summed E-state index contributed by atoms with van der Waals surface area (Å²) in [5, 5.41) is 0.283. The van der Waals surface area contributed by atoms with Crippen LogP contribution in [0.4, 0.5) is 11.4 Å². The first kappa shape index (κ1) is 26.1. The van der Waals surface area contributed by atoms with Crippen LogP contribution in [-0.4, -0.2) is 59.1 Å². The second kappa shape index (κ2) is 11.0. The summed E-state index contributed by atoms with van der Waals surface area (Å²) in [5.74, 6) is 0.471. The Labute approximate surface area is 221 Å². The first-order valence-electron chi connectivity index (χ1n) is 11.4. The summed E-state index contributed by atoms with van der Waals surface area (Å²) in [6.07, 6.45) is 0. The highest BCUT2D eigenvalue weighted by molar-refractivity contribution is 7.92. The van der Waals surface area contributed by atoms with Gasteiger partial charge in [0, 0.05) is 31.9 Å². The van der Waals surface area contributed by atoms with Crippen LogP contribution in [0.25, 0.3) is 0 Å². The van der Waals surface area contributed by atoms with Gasteiger partial charge >= 0.3 is 0 Å². The number of anilines is 2. The second-order valence-corrected chi connectivity index (χ2v) is 11.1. The average molecular weight is 548 g/mol. The number of nitrogens with zero attached hydrogens (tertiary/aromatic N) is 3. The number of ether oxygens (including phenoxy) is 1. The maximum Gasteiger partial charge on any atom is 0.264 e. The van der Waals surface area contributed by atoms with E-state index in [4.69, 9.17) is 27.9 Å². The Hall–Kier alpha value is -2.94. The van der Waals surface area contributed by atoms with E-state index in [-0.39, 0.29) is 26.5 Å². The standard InChI is InChI=1S/C26H27Cl2N3O4S/c1-19-6-12-22(13-7-19)36(33,34)31(24-5-3-4-23(27)26(24)28)18-25(32)30-16-14-29(15-17-30)20-8-10-21(35-2)11-9-20/h3-13H,14-18H2,1-2H3. The van der Waals surface area contributed by atoms with Crippen molar-refractivity contribution in [3.63, 3.8) is 0 Å². The van der Waals surface area contributed by atoms with Crippen LogP contribution >= 0.6 is 23.2 Å². The molecule has 0 spiro atoms. The molecule has 3 aromatic carbocycles. The number of carbonyl (C=O) groups is 1. The van der Waals surface area contributed by atoms with Gasteiger partial charge in [-0.25, -0.2) is 8.42 Å². The molecular weight excluding hydrogens is 521 g/mol. The summed E-state index contributed by atoms with van der Waals surface area (Å²) in [5.41, 5.74) is 2.12. The molecule has 36 heavy (non-hydrogen) atoms. The van der Waals surface area contributed by atoms with Crippen molar-refractivity contribution < 1.29 is 17.9 Å². The smallest absolute Gasteiger partial charge is 0.264 e. The van der Waals surface area contributed by atoms with Crippen LogP contribution in [-0.2, 0) is 14.8 Å². The number of benzene rings is 3. The molecule has 0 unspecified atom stereocenters. The summed E-state index contributed by atoms with van der Waals surface area (Å²) in [6, 6.07) is 19.0. The Morgan fingerprint density at radius 3 is 2.19 bits per heavy atom. The van der Waals surface area contributed by atoms with Gasteiger partial charge in [-0.15, -0.1) is 0 Å². The number of halogens is 2. The number of sulfonamides is 1. The molecule has 1 amide bonds. The van der Waals surface area contributed by atoms with Crippen LogP contribution in [0.15, 0.2) is 71.6 Å². The minimum atomic E-state index is -4.08. The normalized spacial score (nSPS) is 14.0. The Morgan fingerprint density at radius 1 is 0.944 bits per heavy atom. The van der Waals surface area contributed by atoms with E-state index < -0.39 is 16.6 Å². The fourth-order valence-corrected chi connectivity index (χ4v) is 5.93. The van der Waals surface area contributed by atoms with Crippen molar-refractivity contribution in [1.29, 1.82) is 0 Å². The molecule has 0 N–H and O–H groups in total. The Kier molecular flexibility index (Phi) is 7.97. The van der Waals surface area contributed by atoms with E-state index >= 15 is 0 Å².